The largest absolute Gasteiger partial charge is 0.497 e. The third-order valence-electron chi connectivity index (χ3n) is 6.06. The van der Waals surface area contributed by atoms with Gasteiger partial charge in [0.05, 0.1) is 18.1 Å². The second-order valence-corrected chi connectivity index (χ2v) is 10.3. The SMILES string of the molecule is COc1ccc2[nH]c(=O)c(CN(C[C@@H]3CCCO3)S(=O)(=O)c3ccc4c(c3)OCCO4)cc2c1. The molecule has 0 bridgehead atoms. The molecule has 3 heterocycles. The van der Waals surface area contributed by atoms with Gasteiger partial charge in [-0.3, -0.25) is 4.79 Å². The first-order chi connectivity index (χ1) is 16.4. The van der Waals surface area contributed by atoms with Crippen LogP contribution in [0.5, 0.6) is 17.2 Å². The summed E-state index contributed by atoms with van der Waals surface area (Å²) in [4.78, 5) is 15.8. The van der Waals surface area contributed by atoms with Crippen LogP contribution in [0.1, 0.15) is 18.4 Å². The number of rotatable bonds is 7. The fourth-order valence-electron chi connectivity index (χ4n) is 4.26. The van der Waals surface area contributed by atoms with Crippen molar-refractivity contribution in [2.45, 2.75) is 30.4 Å². The zero-order valence-electron chi connectivity index (χ0n) is 18.8. The molecule has 10 heteroatoms. The van der Waals surface area contributed by atoms with E-state index in [1.165, 1.54) is 16.4 Å². The predicted octanol–water partition coefficient (Wildman–Crippen LogP) is 2.68. The summed E-state index contributed by atoms with van der Waals surface area (Å²) in [6.45, 7) is 1.41. The lowest BCUT2D eigenvalue weighted by atomic mass is 10.1. The molecule has 5 rings (SSSR count). The molecule has 1 N–H and O–H groups in total. The molecule has 0 amide bonds. The van der Waals surface area contributed by atoms with Crippen LogP contribution in [0.15, 0.2) is 52.2 Å². The number of methoxy groups -OCH3 is 1. The fraction of sp³-hybridized carbons (Fsp3) is 0.375. The first-order valence-corrected chi connectivity index (χ1v) is 12.6. The molecule has 0 unspecified atom stereocenters. The van der Waals surface area contributed by atoms with Crippen LogP contribution >= 0.6 is 0 Å². The molecule has 180 valence electrons. The first-order valence-electron chi connectivity index (χ1n) is 11.2. The van der Waals surface area contributed by atoms with Gasteiger partial charge in [0.1, 0.15) is 19.0 Å². The Hall–Kier alpha value is -3.08. The van der Waals surface area contributed by atoms with Gasteiger partial charge in [0.15, 0.2) is 11.5 Å². The Morgan fingerprint density at radius 1 is 1.06 bits per heavy atom. The highest BCUT2D eigenvalue weighted by Gasteiger charge is 2.31. The van der Waals surface area contributed by atoms with Crippen molar-refractivity contribution >= 4 is 20.9 Å². The van der Waals surface area contributed by atoms with Gasteiger partial charge in [-0.15, -0.1) is 0 Å². The van der Waals surface area contributed by atoms with Crippen molar-refractivity contribution in [2.75, 3.05) is 33.5 Å². The number of H-pyrrole nitrogens is 1. The predicted molar refractivity (Wildman–Crippen MR) is 125 cm³/mol. The second-order valence-electron chi connectivity index (χ2n) is 8.31. The minimum atomic E-state index is -3.96. The van der Waals surface area contributed by atoms with Crippen molar-refractivity contribution in [1.29, 1.82) is 0 Å². The number of nitrogens with zero attached hydrogens (tertiary/aromatic N) is 1. The maximum atomic E-state index is 13.7. The summed E-state index contributed by atoms with van der Waals surface area (Å²) in [7, 11) is -2.40. The molecule has 1 saturated heterocycles. The van der Waals surface area contributed by atoms with Crippen molar-refractivity contribution in [1.82, 2.24) is 9.29 Å². The van der Waals surface area contributed by atoms with E-state index >= 15 is 0 Å². The molecule has 3 aromatic rings. The summed E-state index contributed by atoms with van der Waals surface area (Å²) in [5.74, 6) is 1.54. The second kappa shape index (κ2) is 9.28. The van der Waals surface area contributed by atoms with Gasteiger partial charge in [0.2, 0.25) is 10.0 Å². The maximum Gasteiger partial charge on any atom is 0.252 e. The van der Waals surface area contributed by atoms with Gasteiger partial charge in [0, 0.05) is 42.2 Å². The van der Waals surface area contributed by atoms with Crippen LogP contribution in [-0.2, 0) is 21.3 Å². The zero-order chi connectivity index (χ0) is 23.7. The third-order valence-corrected chi connectivity index (χ3v) is 7.87. The van der Waals surface area contributed by atoms with E-state index < -0.39 is 10.0 Å². The van der Waals surface area contributed by atoms with Crippen LogP contribution in [0.2, 0.25) is 0 Å². The van der Waals surface area contributed by atoms with Gasteiger partial charge < -0.3 is 23.9 Å². The van der Waals surface area contributed by atoms with E-state index in [1.807, 2.05) is 0 Å². The van der Waals surface area contributed by atoms with Gasteiger partial charge in [-0.05, 0) is 49.2 Å². The van der Waals surface area contributed by atoms with E-state index in [2.05, 4.69) is 4.98 Å². The van der Waals surface area contributed by atoms with Crippen LogP contribution in [0.4, 0.5) is 0 Å². The number of pyridine rings is 1. The summed E-state index contributed by atoms with van der Waals surface area (Å²) in [5.41, 5.74) is 0.641. The topological polar surface area (TPSA) is 107 Å². The average Bonchev–Trinajstić information content (AvgIpc) is 3.36. The molecular formula is C24H26N2O7S. The standard InChI is InChI=1S/C24H26N2O7S/c1-30-18-4-6-21-16(12-18)11-17(24(27)25-21)14-26(15-19-3-2-8-31-19)34(28,29)20-5-7-22-23(13-20)33-10-9-32-22/h4-7,11-13,19H,2-3,8-10,14-15H2,1H3,(H,25,27)/t19-/m0/s1. The van der Waals surface area contributed by atoms with Crippen molar-refractivity contribution in [3.63, 3.8) is 0 Å². The number of nitrogens with one attached hydrogen (secondary N) is 1. The Bertz CT molecular complexity index is 1360. The molecule has 1 atom stereocenters. The Morgan fingerprint density at radius 3 is 2.65 bits per heavy atom. The lowest BCUT2D eigenvalue weighted by Crippen LogP contribution is -2.38. The van der Waals surface area contributed by atoms with E-state index in [4.69, 9.17) is 18.9 Å². The van der Waals surface area contributed by atoms with Crippen LogP contribution in [-0.4, -0.2) is 57.3 Å². The molecule has 34 heavy (non-hydrogen) atoms. The van der Waals surface area contributed by atoms with Gasteiger partial charge in [-0.25, -0.2) is 8.42 Å². The summed E-state index contributed by atoms with van der Waals surface area (Å²) >= 11 is 0. The highest BCUT2D eigenvalue weighted by atomic mass is 32.2. The molecule has 0 radical (unpaired) electrons. The Balaban J connectivity index is 1.52. The van der Waals surface area contributed by atoms with E-state index in [0.717, 1.165) is 18.2 Å². The monoisotopic (exact) mass is 486 g/mol. The molecule has 2 aliphatic rings. The summed E-state index contributed by atoms with van der Waals surface area (Å²) in [6, 6.07) is 11.6. The van der Waals surface area contributed by atoms with E-state index in [-0.39, 0.29) is 29.6 Å². The Kier molecular flexibility index (Phi) is 6.20. The van der Waals surface area contributed by atoms with E-state index in [9.17, 15) is 13.2 Å². The van der Waals surface area contributed by atoms with Crippen molar-refractivity contribution in [3.05, 3.63) is 58.4 Å². The zero-order valence-corrected chi connectivity index (χ0v) is 19.6. The molecule has 2 aliphatic heterocycles. The van der Waals surface area contributed by atoms with Gasteiger partial charge in [-0.2, -0.15) is 4.31 Å². The quantitative estimate of drug-likeness (QED) is 0.547. The summed E-state index contributed by atoms with van der Waals surface area (Å²) in [5, 5.41) is 0.753. The number of sulfonamides is 1. The van der Waals surface area contributed by atoms with Crippen molar-refractivity contribution < 1.29 is 27.4 Å². The normalized spacial score (nSPS) is 17.9. The first kappa shape index (κ1) is 22.7. The minimum absolute atomic E-state index is 0.0774. The minimum Gasteiger partial charge on any atom is -0.497 e. The highest BCUT2D eigenvalue weighted by Crippen LogP contribution is 2.34. The molecule has 0 spiro atoms. The number of benzene rings is 2. The molecule has 1 aromatic heterocycles. The number of fused-ring (bicyclic) bond motifs is 2. The molecular weight excluding hydrogens is 460 g/mol. The van der Waals surface area contributed by atoms with Crippen molar-refractivity contribution in [3.8, 4) is 17.2 Å². The number of aromatic nitrogens is 1. The average molecular weight is 487 g/mol. The highest BCUT2D eigenvalue weighted by molar-refractivity contribution is 7.89. The number of ether oxygens (including phenoxy) is 4. The molecule has 0 aliphatic carbocycles. The Labute approximate surface area is 197 Å². The van der Waals surface area contributed by atoms with Gasteiger partial charge in [0.25, 0.3) is 5.56 Å². The Morgan fingerprint density at radius 2 is 1.88 bits per heavy atom. The van der Waals surface area contributed by atoms with Crippen molar-refractivity contribution in [2.24, 2.45) is 0 Å². The lowest BCUT2D eigenvalue weighted by molar-refractivity contribution is 0.0925. The molecule has 1 fully saturated rings. The smallest absolute Gasteiger partial charge is 0.252 e. The van der Waals surface area contributed by atoms with Crippen LogP contribution in [0.3, 0.4) is 0 Å². The van der Waals surface area contributed by atoms with Gasteiger partial charge >= 0.3 is 0 Å². The van der Waals surface area contributed by atoms with Gasteiger partial charge in [-0.1, -0.05) is 0 Å². The molecule has 2 aromatic carbocycles. The van der Waals surface area contributed by atoms with Crippen LogP contribution in [0, 0.1) is 0 Å². The van der Waals surface area contributed by atoms with Crippen LogP contribution < -0.4 is 19.8 Å². The summed E-state index contributed by atoms with van der Waals surface area (Å²) < 4.78 is 50.9. The third kappa shape index (κ3) is 4.48. The molecule has 9 nitrogen and oxygen atoms in total. The fourth-order valence-corrected chi connectivity index (χ4v) is 5.73. The number of hydrogen-bond acceptors (Lipinski definition) is 7. The number of hydrogen-bond donors (Lipinski definition) is 1. The van der Waals surface area contributed by atoms with Crippen LogP contribution in [0.25, 0.3) is 10.9 Å². The number of aromatic amines is 1. The van der Waals surface area contributed by atoms with E-state index in [0.29, 0.717) is 48.1 Å². The van der Waals surface area contributed by atoms with E-state index in [1.54, 1.807) is 37.4 Å². The summed E-state index contributed by atoms with van der Waals surface area (Å²) in [6.07, 6.45) is 1.41. The molecule has 0 saturated carbocycles. The maximum absolute atomic E-state index is 13.7. The lowest BCUT2D eigenvalue weighted by Gasteiger charge is -2.26.